The molecule has 1 saturated heterocycles. The van der Waals surface area contributed by atoms with Gasteiger partial charge in [0.25, 0.3) is 0 Å². The lowest BCUT2D eigenvalue weighted by Gasteiger charge is -2.28. The third-order valence-electron chi connectivity index (χ3n) is 3.99. The van der Waals surface area contributed by atoms with E-state index in [9.17, 15) is 0 Å². The quantitative estimate of drug-likeness (QED) is 0.789. The van der Waals surface area contributed by atoms with E-state index in [0.717, 1.165) is 32.8 Å². The van der Waals surface area contributed by atoms with Crippen LogP contribution in [0.4, 0.5) is 0 Å². The molecule has 1 aromatic carbocycles. The zero-order chi connectivity index (χ0) is 14.2. The second kappa shape index (κ2) is 8.40. The molecular weight excluding hydrogens is 248 g/mol. The molecule has 0 bridgehead atoms. The van der Waals surface area contributed by atoms with E-state index in [2.05, 4.69) is 54.5 Å². The van der Waals surface area contributed by atoms with Gasteiger partial charge in [0.2, 0.25) is 0 Å². The first-order valence-corrected chi connectivity index (χ1v) is 7.83. The summed E-state index contributed by atoms with van der Waals surface area (Å²) in [4.78, 5) is 2.42. The summed E-state index contributed by atoms with van der Waals surface area (Å²) in [5.74, 6) is 0.666. The Bertz CT molecular complexity index is 363. The average molecular weight is 276 g/mol. The van der Waals surface area contributed by atoms with E-state index in [1.165, 1.54) is 18.4 Å². The minimum atomic E-state index is 0.547. The van der Waals surface area contributed by atoms with Gasteiger partial charge in [0, 0.05) is 31.7 Å². The van der Waals surface area contributed by atoms with Crippen LogP contribution in [0.1, 0.15) is 25.3 Å². The van der Waals surface area contributed by atoms with Gasteiger partial charge >= 0.3 is 0 Å². The van der Waals surface area contributed by atoms with Gasteiger partial charge in [0.1, 0.15) is 0 Å². The summed E-state index contributed by atoms with van der Waals surface area (Å²) >= 11 is 0. The summed E-state index contributed by atoms with van der Waals surface area (Å²) in [5.41, 5.74) is 1.38. The minimum Gasteiger partial charge on any atom is -0.381 e. The zero-order valence-corrected chi connectivity index (χ0v) is 12.8. The molecule has 2 rings (SSSR count). The van der Waals surface area contributed by atoms with Crippen molar-refractivity contribution in [3.8, 4) is 0 Å². The van der Waals surface area contributed by atoms with E-state index in [1.807, 2.05) is 0 Å². The van der Waals surface area contributed by atoms with Crippen LogP contribution in [0.2, 0.25) is 0 Å². The summed E-state index contributed by atoms with van der Waals surface area (Å²) in [7, 11) is 2.21. The number of benzene rings is 1. The highest BCUT2D eigenvalue weighted by Crippen LogP contribution is 2.18. The van der Waals surface area contributed by atoms with Crippen molar-refractivity contribution in [3.63, 3.8) is 0 Å². The SMILES string of the molecule is CCCNC(CN(C)Cc1ccccc1)C1CCOC1. The Morgan fingerprint density at radius 2 is 2.15 bits per heavy atom. The van der Waals surface area contributed by atoms with Crippen molar-refractivity contribution in [2.24, 2.45) is 5.92 Å². The monoisotopic (exact) mass is 276 g/mol. The number of hydrogen-bond acceptors (Lipinski definition) is 3. The number of nitrogens with one attached hydrogen (secondary N) is 1. The van der Waals surface area contributed by atoms with Crippen LogP contribution in [0.15, 0.2) is 30.3 Å². The molecule has 1 aromatic rings. The molecule has 0 amide bonds. The van der Waals surface area contributed by atoms with Gasteiger partial charge in [-0.3, -0.25) is 0 Å². The van der Waals surface area contributed by atoms with Crippen LogP contribution >= 0.6 is 0 Å². The van der Waals surface area contributed by atoms with Crippen LogP contribution in [0.25, 0.3) is 0 Å². The van der Waals surface area contributed by atoms with Gasteiger partial charge in [-0.15, -0.1) is 0 Å². The Hall–Kier alpha value is -0.900. The molecule has 20 heavy (non-hydrogen) atoms. The molecule has 0 saturated carbocycles. The topological polar surface area (TPSA) is 24.5 Å². The van der Waals surface area contributed by atoms with E-state index in [4.69, 9.17) is 4.74 Å². The first kappa shape index (κ1) is 15.5. The fourth-order valence-electron chi connectivity index (χ4n) is 2.88. The van der Waals surface area contributed by atoms with Gasteiger partial charge in [0.15, 0.2) is 0 Å². The zero-order valence-electron chi connectivity index (χ0n) is 12.8. The maximum atomic E-state index is 5.56. The van der Waals surface area contributed by atoms with Crippen molar-refractivity contribution in [1.29, 1.82) is 0 Å². The van der Waals surface area contributed by atoms with Crippen molar-refractivity contribution in [3.05, 3.63) is 35.9 Å². The van der Waals surface area contributed by atoms with E-state index < -0.39 is 0 Å². The summed E-state index contributed by atoms with van der Waals surface area (Å²) in [6, 6.07) is 11.2. The van der Waals surface area contributed by atoms with Crippen molar-refractivity contribution >= 4 is 0 Å². The number of likely N-dealkylation sites (N-methyl/N-ethyl adjacent to an activating group) is 1. The highest BCUT2D eigenvalue weighted by molar-refractivity contribution is 5.14. The predicted molar refractivity (Wildman–Crippen MR) is 83.8 cm³/mol. The van der Waals surface area contributed by atoms with E-state index in [-0.39, 0.29) is 0 Å². The maximum Gasteiger partial charge on any atom is 0.0510 e. The molecule has 1 N–H and O–H groups in total. The van der Waals surface area contributed by atoms with Gasteiger partial charge < -0.3 is 15.0 Å². The number of nitrogens with zero attached hydrogens (tertiary/aromatic N) is 1. The number of rotatable bonds is 8. The fraction of sp³-hybridized carbons (Fsp3) is 0.647. The predicted octanol–water partition coefficient (Wildman–Crippen LogP) is 2.52. The van der Waals surface area contributed by atoms with Crippen LogP contribution in [-0.2, 0) is 11.3 Å². The maximum absolute atomic E-state index is 5.56. The highest BCUT2D eigenvalue weighted by Gasteiger charge is 2.26. The van der Waals surface area contributed by atoms with Crippen molar-refractivity contribution in [2.75, 3.05) is 33.4 Å². The summed E-state index contributed by atoms with van der Waals surface area (Å²) in [6.45, 7) is 7.27. The summed E-state index contributed by atoms with van der Waals surface area (Å²) in [6.07, 6.45) is 2.38. The van der Waals surface area contributed by atoms with E-state index in [0.29, 0.717) is 12.0 Å². The average Bonchev–Trinajstić information content (AvgIpc) is 2.98. The molecule has 1 aliphatic heterocycles. The van der Waals surface area contributed by atoms with Crippen molar-refractivity contribution in [1.82, 2.24) is 10.2 Å². The molecule has 2 atom stereocenters. The van der Waals surface area contributed by atoms with Crippen LogP contribution in [0.3, 0.4) is 0 Å². The van der Waals surface area contributed by atoms with E-state index >= 15 is 0 Å². The van der Waals surface area contributed by atoms with Gasteiger partial charge in [-0.1, -0.05) is 37.3 Å². The van der Waals surface area contributed by atoms with Crippen LogP contribution < -0.4 is 5.32 Å². The molecule has 112 valence electrons. The highest BCUT2D eigenvalue weighted by atomic mass is 16.5. The Kier molecular flexibility index (Phi) is 6.51. The van der Waals surface area contributed by atoms with Crippen LogP contribution in [0, 0.1) is 5.92 Å². The van der Waals surface area contributed by atoms with Crippen LogP contribution in [-0.4, -0.2) is 44.3 Å². The smallest absolute Gasteiger partial charge is 0.0510 e. The van der Waals surface area contributed by atoms with E-state index in [1.54, 1.807) is 0 Å². The third kappa shape index (κ3) is 4.89. The normalized spacial score (nSPS) is 20.4. The molecule has 0 spiro atoms. The van der Waals surface area contributed by atoms with Gasteiger partial charge in [-0.25, -0.2) is 0 Å². The van der Waals surface area contributed by atoms with Gasteiger partial charge in [-0.2, -0.15) is 0 Å². The number of ether oxygens (including phenoxy) is 1. The molecule has 0 aliphatic carbocycles. The molecule has 3 nitrogen and oxygen atoms in total. The van der Waals surface area contributed by atoms with Gasteiger partial charge in [0.05, 0.1) is 6.61 Å². The summed E-state index contributed by atoms with van der Waals surface area (Å²) < 4.78 is 5.56. The Morgan fingerprint density at radius 1 is 1.35 bits per heavy atom. The fourth-order valence-corrected chi connectivity index (χ4v) is 2.88. The standard InChI is InChI=1S/C17H28N2O/c1-3-10-18-17(16-9-11-20-14-16)13-19(2)12-15-7-5-4-6-8-15/h4-8,16-18H,3,9-14H2,1-2H3. The molecule has 1 heterocycles. The third-order valence-corrected chi connectivity index (χ3v) is 3.99. The van der Waals surface area contributed by atoms with Gasteiger partial charge in [-0.05, 0) is 32.0 Å². The molecule has 0 radical (unpaired) electrons. The van der Waals surface area contributed by atoms with Crippen LogP contribution in [0.5, 0.6) is 0 Å². The lowest BCUT2D eigenvalue weighted by Crippen LogP contribution is -2.45. The summed E-state index contributed by atoms with van der Waals surface area (Å²) in [5, 5.41) is 3.71. The minimum absolute atomic E-state index is 0.547. The largest absolute Gasteiger partial charge is 0.381 e. The lowest BCUT2D eigenvalue weighted by molar-refractivity contribution is 0.165. The first-order chi connectivity index (χ1) is 9.79. The number of hydrogen-bond donors (Lipinski definition) is 1. The Balaban J connectivity index is 1.85. The lowest BCUT2D eigenvalue weighted by atomic mass is 9.98. The Labute approximate surface area is 123 Å². The molecule has 0 aromatic heterocycles. The second-order valence-electron chi connectivity index (χ2n) is 5.87. The molecule has 2 unspecified atom stereocenters. The Morgan fingerprint density at radius 3 is 2.80 bits per heavy atom. The molecule has 1 aliphatic rings. The van der Waals surface area contributed by atoms with Crippen molar-refractivity contribution in [2.45, 2.75) is 32.4 Å². The first-order valence-electron chi connectivity index (χ1n) is 7.83. The van der Waals surface area contributed by atoms with Crippen molar-refractivity contribution < 1.29 is 4.74 Å². The second-order valence-corrected chi connectivity index (χ2v) is 5.87. The molecule has 1 fully saturated rings. The molecular formula is C17H28N2O. The molecule has 3 heteroatoms.